The first-order valence-electron chi connectivity index (χ1n) is 9.64. The maximum Gasteiger partial charge on any atom is 0.264 e. The van der Waals surface area contributed by atoms with E-state index in [1.165, 1.54) is 28.6 Å². The molecular weight excluding hydrogens is 439 g/mol. The fourth-order valence-electron chi connectivity index (χ4n) is 3.08. The highest BCUT2D eigenvalue weighted by Crippen LogP contribution is 2.26. The number of para-hydroxylation sites is 1. The number of nitrogens with zero attached hydrogens (tertiary/aromatic N) is 1. The first-order valence-corrected chi connectivity index (χ1v) is 11.5. The zero-order valence-corrected chi connectivity index (χ0v) is 18.7. The number of amides is 1. The van der Waals surface area contributed by atoms with Crippen molar-refractivity contribution in [1.82, 2.24) is 5.32 Å². The minimum atomic E-state index is -3.91. The summed E-state index contributed by atoms with van der Waals surface area (Å²) >= 11 is 6.17. The number of carbonyl (C=O) groups excluding carboxylic acids is 1. The number of aryl methyl sites for hydroxylation is 1. The van der Waals surface area contributed by atoms with Crippen LogP contribution in [0.4, 0.5) is 10.1 Å². The van der Waals surface area contributed by atoms with Gasteiger partial charge in [-0.15, -0.1) is 0 Å². The van der Waals surface area contributed by atoms with E-state index in [-0.39, 0.29) is 34.4 Å². The van der Waals surface area contributed by atoms with E-state index in [1.807, 2.05) is 0 Å². The molecule has 0 spiro atoms. The molecule has 0 heterocycles. The number of anilines is 1. The zero-order chi connectivity index (χ0) is 22.6. The molecular formula is C23H22ClFN2O3S. The Morgan fingerprint density at radius 1 is 1.06 bits per heavy atom. The third kappa shape index (κ3) is 5.06. The summed E-state index contributed by atoms with van der Waals surface area (Å²) in [7, 11) is -3.91. The number of sulfonamides is 1. The molecule has 0 unspecified atom stereocenters. The summed E-state index contributed by atoms with van der Waals surface area (Å²) in [6.45, 7) is 3.68. The molecule has 0 atom stereocenters. The van der Waals surface area contributed by atoms with Crippen molar-refractivity contribution in [2.75, 3.05) is 10.8 Å². The SMILES string of the molecule is CCN(c1ccccc1)S(=O)(=O)c1ccc(Cl)c(C(=O)NCc2ccc(C)c(F)c2)c1. The standard InChI is InChI=1S/C23H22ClFN2O3S/c1-3-27(18-7-5-4-6-8-18)31(29,30)19-11-12-21(24)20(14-19)23(28)26-15-17-10-9-16(2)22(25)13-17/h4-14H,3,15H2,1-2H3,(H,26,28). The number of benzene rings is 3. The molecule has 0 aliphatic carbocycles. The van der Waals surface area contributed by atoms with Crippen LogP contribution >= 0.6 is 11.6 Å². The third-order valence-electron chi connectivity index (χ3n) is 4.79. The number of hydrogen-bond acceptors (Lipinski definition) is 3. The normalized spacial score (nSPS) is 11.2. The summed E-state index contributed by atoms with van der Waals surface area (Å²) in [6, 6.07) is 17.4. The Morgan fingerprint density at radius 2 is 1.77 bits per heavy atom. The lowest BCUT2D eigenvalue weighted by atomic mass is 10.1. The monoisotopic (exact) mass is 460 g/mol. The van der Waals surface area contributed by atoms with Crippen molar-refractivity contribution in [3.8, 4) is 0 Å². The maximum absolute atomic E-state index is 13.7. The van der Waals surface area contributed by atoms with Gasteiger partial charge < -0.3 is 5.32 Å². The molecule has 0 radical (unpaired) electrons. The molecule has 3 aromatic rings. The molecule has 0 bridgehead atoms. The topological polar surface area (TPSA) is 66.5 Å². The summed E-state index contributed by atoms with van der Waals surface area (Å²) < 4.78 is 41.4. The quantitative estimate of drug-likeness (QED) is 0.543. The van der Waals surface area contributed by atoms with Gasteiger partial charge in [-0.25, -0.2) is 12.8 Å². The van der Waals surface area contributed by atoms with Crippen molar-refractivity contribution < 1.29 is 17.6 Å². The number of nitrogens with one attached hydrogen (secondary N) is 1. The molecule has 0 saturated carbocycles. The van der Waals surface area contributed by atoms with Crippen LogP contribution in [0, 0.1) is 12.7 Å². The zero-order valence-electron chi connectivity index (χ0n) is 17.1. The molecule has 0 aliphatic heterocycles. The van der Waals surface area contributed by atoms with E-state index in [4.69, 9.17) is 11.6 Å². The molecule has 162 valence electrons. The highest BCUT2D eigenvalue weighted by atomic mass is 35.5. The summed E-state index contributed by atoms with van der Waals surface area (Å²) in [5, 5.41) is 2.78. The molecule has 1 N–H and O–H groups in total. The Hall–Kier alpha value is -2.90. The summed E-state index contributed by atoms with van der Waals surface area (Å²) in [5.74, 6) is -0.913. The first kappa shape index (κ1) is 22.8. The average molecular weight is 461 g/mol. The summed E-state index contributed by atoms with van der Waals surface area (Å²) in [6.07, 6.45) is 0. The molecule has 0 aromatic heterocycles. The molecule has 0 saturated heterocycles. The number of halogens is 2. The van der Waals surface area contributed by atoms with E-state index in [0.29, 0.717) is 16.8 Å². The Morgan fingerprint density at radius 3 is 2.42 bits per heavy atom. The Bertz CT molecular complexity index is 1200. The van der Waals surface area contributed by atoms with Crippen LogP contribution in [-0.4, -0.2) is 20.9 Å². The van der Waals surface area contributed by atoms with E-state index >= 15 is 0 Å². The molecule has 3 rings (SSSR count). The van der Waals surface area contributed by atoms with Crippen LogP contribution in [0.3, 0.4) is 0 Å². The van der Waals surface area contributed by atoms with Crippen molar-refractivity contribution in [3.63, 3.8) is 0 Å². The fraction of sp³-hybridized carbons (Fsp3) is 0.174. The smallest absolute Gasteiger partial charge is 0.264 e. The van der Waals surface area contributed by atoms with Gasteiger partial charge in [-0.3, -0.25) is 9.10 Å². The minimum absolute atomic E-state index is 0.0273. The van der Waals surface area contributed by atoms with Crippen LogP contribution in [0.1, 0.15) is 28.4 Å². The van der Waals surface area contributed by atoms with Crippen molar-refractivity contribution in [1.29, 1.82) is 0 Å². The van der Waals surface area contributed by atoms with Crippen LogP contribution < -0.4 is 9.62 Å². The van der Waals surface area contributed by atoms with Gasteiger partial charge in [-0.1, -0.05) is 41.9 Å². The van der Waals surface area contributed by atoms with Crippen LogP contribution in [0.25, 0.3) is 0 Å². The summed E-state index contributed by atoms with van der Waals surface area (Å²) in [5.41, 5.74) is 1.64. The lowest BCUT2D eigenvalue weighted by Crippen LogP contribution is -2.31. The lowest BCUT2D eigenvalue weighted by Gasteiger charge is -2.23. The van der Waals surface area contributed by atoms with Gasteiger partial charge in [0.05, 0.1) is 21.2 Å². The molecule has 3 aromatic carbocycles. The van der Waals surface area contributed by atoms with Gasteiger partial charge in [-0.05, 0) is 61.4 Å². The van der Waals surface area contributed by atoms with Crippen molar-refractivity contribution >= 4 is 33.2 Å². The van der Waals surface area contributed by atoms with Gasteiger partial charge in [0.2, 0.25) is 0 Å². The Kier molecular flexibility index (Phi) is 6.97. The number of hydrogen-bond donors (Lipinski definition) is 1. The maximum atomic E-state index is 13.7. The van der Waals surface area contributed by atoms with Gasteiger partial charge in [-0.2, -0.15) is 0 Å². The minimum Gasteiger partial charge on any atom is -0.348 e. The van der Waals surface area contributed by atoms with Gasteiger partial charge >= 0.3 is 0 Å². The number of rotatable bonds is 7. The van der Waals surface area contributed by atoms with Gasteiger partial charge in [0, 0.05) is 13.1 Å². The van der Waals surface area contributed by atoms with Gasteiger partial charge in [0.15, 0.2) is 0 Å². The Balaban J connectivity index is 1.86. The van der Waals surface area contributed by atoms with Crippen LogP contribution in [-0.2, 0) is 16.6 Å². The number of carbonyl (C=O) groups is 1. The van der Waals surface area contributed by atoms with E-state index < -0.39 is 15.9 Å². The van der Waals surface area contributed by atoms with Crippen molar-refractivity contribution in [2.45, 2.75) is 25.3 Å². The highest BCUT2D eigenvalue weighted by molar-refractivity contribution is 7.92. The second-order valence-electron chi connectivity index (χ2n) is 6.91. The van der Waals surface area contributed by atoms with Crippen LogP contribution in [0.2, 0.25) is 5.02 Å². The summed E-state index contributed by atoms with van der Waals surface area (Å²) in [4.78, 5) is 12.6. The Labute approximate surface area is 186 Å². The highest BCUT2D eigenvalue weighted by Gasteiger charge is 2.25. The molecule has 0 fully saturated rings. The van der Waals surface area contributed by atoms with Crippen molar-refractivity contribution in [3.05, 3.63) is 94.3 Å². The second kappa shape index (κ2) is 9.49. The van der Waals surface area contributed by atoms with E-state index in [9.17, 15) is 17.6 Å². The van der Waals surface area contributed by atoms with Gasteiger partial charge in [0.1, 0.15) is 5.82 Å². The van der Waals surface area contributed by atoms with E-state index in [2.05, 4.69) is 5.32 Å². The third-order valence-corrected chi connectivity index (χ3v) is 7.02. The van der Waals surface area contributed by atoms with Crippen LogP contribution in [0.15, 0.2) is 71.6 Å². The van der Waals surface area contributed by atoms with E-state index in [1.54, 1.807) is 56.3 Å². The molecule has 5 nitrogen and oxygen atoms in total. The van der Waals surface area contributed by atoms with Crippen molar-refractivity contribution in [2.24, 2.45) is 0 Å². The lowest BCUT2D eigenvalue weighted by molar-refractivity contribution is 0.0951. The van der Waals surface area contributed by atoms with Crippen LogP contribution in [0.5, 0.6) is 0 Å². The second-order valence-corrected chi connectivity index (χ2v) is 9.18. The average Bonchev–Trinajstić information content (AvgIpc) is 2.75. The molecule has 0 aliphatic rings. The van der Waals surface area contributed by atoms with E-state index in [0.717, 1.165) is 0 Å². The first-order chi connectivity index (χ1) is 14.7. The molecule has 1 amide bonds. The predicted molar refractivity (Wildman–Crippen MR) is 120 cm³/mol. The molecule has 8 heteroatoms. The largest absolute Gasteiger partial charge is 0.348 e. The van der Waals surface area contributed by atoms with Gasteiger partial charge in [0.25, 0.3) is 15.9 Å². The molecule has 31 heavy (non-hydrogen) atoms. The predicted octanol–water partition coefficient (Wildman–Crippen LogP) is 4.93. The fourth-order valence-corrected chi connectivity index (χ4v) is 4.78.